The first-order valence-corrected chi connectivity index (χ1v) is 24.5. The van der Waals surface area contributed by atoms with E-state index in [1.807, 2.05) is 6.07 Å². The van der Waals surface area contributed by atoms with E-state index < -0.39 is 29.7 Å². The highest BCUT2D eigenvalue weighted by Gasteiger charge is 2.46. The molecule has 2 aromatic heterocycles. The molecule has 0 bridgehead atoms. The first kappa shape index (κ1) is 52.8. The van der Waals surface area contributed by atoms with Gasteiger partial charge in [-0.2, -0.15) is 13.2 Å². The van der Waals surface area contributed by atoms with Crippen molar-refractivity contribution in [2.24, 2.45) is 11.8 Å². The minimum atomic E-state index is -4.56. The van der Waals surface area contributed by atoms with Crippen molar-refractivity contribution in [2.75, 3.05) is 65.5 Å². The number of fused-ring (bicyclic) bond motifs is 1. The Morgan fingerprint density at radius 2 is 1.62 bits per heavy atom. The highest BCUT2D eigenvalue weighted by molar-refractivity contribution is 5.94. The second-order valence-electron chi connectivity index (χ2n) is 19.2. The summed E-state index contributed by atoms with van der Waals surface area (Å²) in [6.07, 6.45) is 3.79. The molecule has 2 saturated carbocycles. The summed E-state index contributed by atoms with van der Waals surface area (Å²) in [6.45, 7) is 5.82. The molecule has 3 aromatic rings. The SMILES string of the molecule is CC(C)N(C)[C@@H]1CC[C@H](N2CC[C@H](Nc3ncnc4ccc(C(F)(F)F)cc34)C2=O)[C@H](NC(=O)C2CC(NC(=O)CCOCCNC(=O)CCOCCNC(=O)[C@@H]3CC(=O)N(C)[C@H]3c3cccnc3)C2)C1. The fourth-order valence-electron chi connectivity index (χ4n) is 10.1. The molecule has 2 aliphatic carbocycles. The molecule has 4 fully saturated rings. The molecule has 4 heterocycles. The molecule has 22 heteroatoms. The Morgan fingerprint density at radius 3 is 2.32 bits per heavy atom. The third-order valence-electron chi connectivity index (χ3n) is 14.3. The van der Waals surface area contributed by atoms with Crippen LogP contribution in [0.1, 0.15) is 88.8 Å². The van der Waals surface area contributed by atoms with Crippen molar-refractivity contribution >= 4 is 52.2 Å². The first-order chi connectivity index (χ1) is 34.0. The summed E-state index contributed by atoms with van der Waals surface area (Å²) in [5.74, 6) is -1.83. The lowest BCUT2D eigenvalue weighted by Crippen LogP contribution is -2.60. The van der Waals surface area contributed by atoms with Gasteiger partial charge in [-0.15, -0.1) is 0 Å². The number of nitrogens with zero attached hydrogens (tertiary/aromatic N) is 6. The first-order valence-electron chi connectivity index (χ1n) is 24.5. The maximum atomic E-state index is 14.0. The van der Waals surface area contributed by atoms with Gasteiger partial charge < -0.3 is 50.8 Å². The van der Waals surface area contributed by atoms with Crippen molar-refractivity contribution in [3.63, 3.8) is 0 Å². The fraction of sp³-hybridized carbons (Fsp3) is 0.612. The molecule has 0 unspecified atom stereocenters. The van der Waals surface area contributed by atoms with Gasteiger partial charge in [0.2, 0.25) is 35.4 Å². The van der Waals surface area contributed by atoms with E-state index in [1.54, 1.807) is 35.3 Å². The zero-order valence-electron chi connectivity index (χ0n) is 40.7. The Balaban J connectivity index is 0.769. The molecular formula is C49H66F3N11O8. The number of halogens is 3. The number of alkyl halides is 3. The van der Waals surface area contributed by atoms with Gasteiger partial charge in [0.15, 0.2) is 0 Å². The number of amides is 6. The van der Waals surface area contributed by atoms with E-state index in [2.05, 4.69) is 67.3 Å². The van der Waals surface area contributed by atoms with Crippen molar-refractivity contribution in [3.05, 3.63) is 60.2 Å². The average Bonchev–Trinajstić information content (AvgIpc) is 3.85. The van der Waals surface area contributed by atoms with Crippen molar-refractivity contribution in [3.8, 4) is 0 Å². The van der Waals surface area contributed by atoms with Crippen LogP contribution in [-0.4, -0.2) is 162 Å². The van der Waals surface area contributed by atoms with Gasteiger partial charge in [0.1, 0.15) is 18.2 Å². The summed E-state index contributed by atoms with van der Waals surface area (Å²) >= 11 is 0. The molecular weight excluding hydrogens is 928 g/mol. The Labute approximate surface area is 411 Å². The van der Waals surface area contributed by atoms with Gasteiger partial charge in [-0.25, -0.2) is 9.97 Å². The Kier molecular flexibility index (Phi) is 17.8. The quantitative estimate of drug-likeness (QED) is 0.0914. The molecule has 6 amide bonds. The minimum absolute atomic E-state index is 0.109. The zero-order chi connectivity index (χ0) is 50.8. The molecule has 386 valence electrons. The number of pyridine rings is 1. The van der Waals surface area contributed by atoms with Crippen molar-refractivity contribution in [2.45, 2.75) is 120 Å². The van der Waals surface area contributed by atoms with Crippen LogP contribution in [0.5, 0.6) is 0 Å². The Morgan fingerprint density at radius 1 is 0.887 bits per heavy atom. The van der Waals surface area contributed by atoms with E-state index in [0.717, 1.165) is 24.1 Å². The molecule has 6 atom stereocenters. The molecule has 71 heavy (non-hydrogen) atoms. The predicted molar refractivity (Wildman–Crippen MR) is 254 cm³/mol. The Hall–Kier alpha value is -6.00. The minimum Gasteiger partial charge on any atom is -0.379 e. The van der Waals surface area contributed by atoms with Gasteiger partial charge in [-0.1, -0.05) is 6.07 Å². The largest absolute Gasteiger partial charge is 0.416 e. The monoisotopic (exact) mass is 994 g/mol. The number of benzene rings is 1. The number of likely N-dealkylation sites (tertiary alicyclic amines) is 2. The van der Waals surface area contributed by atoms with E-state index in [-0.39, 0.29) is 142 Å². The molecule has 5 N–H and O–H groups in total. The van der Waals surface area contributed by atoms with E-state index in [4.69, 9.17) is 9.47 Å². The van der Waals surface area contributed by atoms with Crippen LogP contribution in [-0.2, 0) is 44.4 Å². The molecule has 0 radical (unpaired) electrons. The maximum absolute atomic E-state index is 14.0. The van der Waals surface area contributed by atoms with Gasteiger partial charge in [-0.05, 0) is 89.2 Å². The second kappa shape index (κ2) is 23.9. The molecule has 1 aromatic carbocycles. The van der Waals surface area contributed by atoms with Crippen LogP contribution in [0.4, 0.5) is 19.0 Å². The number of ether oxygens (including phenoxy) is 2. The second-order valence-corrected chi connectivity index (χ2v) is 19.2. The summed E-state index contributed by atoms with van der Waals surface area (Å²) in [5.41, 5.74) is 0.275. The smallest absolute Gasteiger partial charge is 0.379 e. The fourth-order valence-corrected chi connectivity index (χ4v) is 10.1. The van der Waals surface area contributed by atoms with Crippen LogP contribution in [0.15, 0.2) is 49.1 Å². The number of anilines is 1. The molecule has 0 spiro atoms. The standard InChI is InChI=1S/C49H66F3N11O8/c1-29(2)61(3)34-8-10-40(63-17-11-38(48(63)69)59-45-35-24-32(49(50,51)52)7-9-37(35)56-28-57-45)39(25-34)60-46(67)31-22-33(23-31)58-42(65)13-19-71-20-15-54-41(64)12-18-70-21-16-55-47(68)36-26-43(66)62(4)44(36)30-6-5-14-53-27-30/h5-7,9,14,24,27-29,31,33-34,36,38-40,44H,8,10-13,15-23,25-26H2,1-4H3,(H,54,64)(H,55,68)(H,58,65)(H,60,67)(H,56,57,59)/t31?,33?,34-,36-,38+,39-,40+,44+/m1/s1. The number of aromatic nitrogens is 3. The molecule has 19 nitrogen and oxygen atoms in total. The zero-order valence-corrected chi connectivity index (χ0v) is 40.7. The Bertz CT molecular complexity index is 2360. The molecule has 2 aliphatic heterocycles. The van der Waals surface area contributed by atoms with E-state index in [0.29, 0.717) is 44.2 Å². The van der Waals surface area contributed by atoms with Gasteiger partial charge in [0, 0.05) is 87.8 Å². The summed E-state index contributed by atoms with van der Waals surface area (Å²) < 4.78 is 51.8. The number of hydrogen-bond acceptors (Lipinski definition) is 13. The highest BCUT2D eigenvalue weighted by Crippen LogP contribution is 2.38. The van der Waals surface area contributed by atoms with Crippen LogP contribution in [0.3, 0.4) is 0 Å². The summed E-state index contributed by atoms with van der Waals surface area (Å²) in [5, 5.41) is 15.1. The van der Waals surface area contributed by atoms with Crippen LogP contribution >= 0.6 is 0 Å². The van der Waals surface area contributed by atoms with E-state index in [1.165, 1.54) is 12.4 Å². The number of carbonyl (C=O) groups excluding carboxylic acids is 6. The third kappa shape index (κ3) is 13.5. The van der Waals surface area contributed by atoms with Gasteiger partial charge in [0.25, 0.3) is 0 Å². The molecule has 4 aliphatic rings. The normalized spacial score (nSPS) is 24.6. The molecule has 7 rings (SSSR count). The average molecular weight is 994 g/mol. The van der Waals surface area contributed by atoms with Crippen LogP contribution in [0, 0.1) is 11.8 Å². The molecule has 2 saturated heterocycles. The van der Waals surface area contributed by atoms with E-state index in [9.17, 15) is 41.9 Å². The lowest BCUT2D eigenvalue weighted by atomic mass is 9.78. The number of hydrogen-bond donors (Lipinski definition) is 5. The maximum Gasteiger partial charge on any atom is 0.416 e. The van der Waals surface area contributed by atoms with Crippen molar-refractivity contribution in [1.29, 1.82) is 0 Å². The summed E-state index contributed by atoms with van der Waals surface area (Å²) in [4.78, 5) is 96.0. The lowest BCUT2D eigenvalue weighted by Gasteiger charge is -2.45. The van der Waals surface area contributed by atoms with E-state index >= 15 is 0 Å². The highest BCUT2D eigenvalue weighted by atomic mass is 19.4. The van der Waals surface area contributed by atoms with Gasteiger partial charge in [-0.3, -0.25) is 33.8 Å². The third-order valence-corrected chi connectivity index (χ3v) is 14.3. The summed E-state index contributed by atoms with van der Waals surface area (Å²) in [6, 6.07) is 5.41. The number of rotatable bonds is 22. The number of carbonyl (C=O) groups is 6. The van der Waals surface area contributed by atoms with Gasteiger partial charge in [0.05, 0.1) is 61.6 Å². The van der Waals surface area contributed by atoms with Crippen molar-refractivity contribution in [1.82, 2.24) is 50.9 Å². The summed E-state index contributed by atoms with van der Waals surface area (Å²) in [7, 11) is 3.74. The van der Waals surface area contributed by atoms with Gasteiger partial charge >= 0.3 is 6.18 Å². The van der Waals surface area contributed by atoms with Crippen LogP contribution in [0.2, 0.25) is 0 Å². The number of nitrogens with one attached hydrogen (secondary N) is 5. The topological polar surface area (TPSA) is 229 Å². The van der Waals surface area contributed by atoms with Crippen LogP contribution < -0.4 is 26.6 Å². The van der Waals surface area contributed by atoms with Crippen LogP contribution in [0.25, 0.3) is 10.9 Å². The predicted octanol–water partition coefficient (Wildman–Crippen LogP) is 2.96. The lowest BCUT2D eigenvalue weighted by molar-refractivity contribution is -0.137. The van der Waals surface area contributed by atoms with Crippen molar-refractivity contribution < 1.29 is 51.4 Å².